The third-order valence-corrected chi connectivity index (χ3v) is 11.4. The number of nitrogens with zero attached hydrogens (tertiary/aromatic N) is 4. The molecule has 2 fully saturated rings. The van der Waals surface area contributed by atoms with Crippen LogP contribution in [-0.4, -0.2) is 94.2 Å². The summed E-state index contributed by atoms with van der Waals surface area (Å²) in [7, 11) is 0. The monoisotopic (exact) mass is 887 g/mol. The molecule has 3 heterocycles. The number of carbonyl (C=O) groups excluding carboxylic acids is 4. The second-order valence-electron chi connectivity index (χ2n) is 17.0. The van der Waals surface area contributed by atoms with Gasteiger partial charge in [-0.1, -0.05) is 32.9 Å². The van der Waals surface area contributed by atoms with E-state index in [0.717, 1.165) is 6.07 Å². The van der Waals surface area contributed by atoms with Crippen molar-refractivity contribution < 1.29 is 42.9 Å². The lowest BCUT2D eigenvalue weighted by molar-refractivity contribution is -0.129. The van der Waals surface area contributed by atoms with E-state index >= 15 is 4.39 Å². The highest BCUT2D eigenvalue weighted by Gasteiger charge is 2.32. The minimum Gasteiger partial charge on any atom is -0.477 e. The number of Topliss-reactive ketones (excluding diaryl/α,β-unsaturated/α-hetero) is 1. The number of likely N-dealkylation sites (tertiary alicyclic amines) is 1. The number of ketones is 1. The fraction of sp³-hybridized carbons (Fsp3) is 0.545. The van der Waals surface area contributed by atoms with Crippen molar-refractivity contribution in [1.29, 1.82) is 0 Å². The number of ether oxygens (including phenoxy) is 2. The Balaban J connectivity index is 0.00000496. The molecular weight excluding hydrogens is 826 g/mol. The van der Waals surface area contributed by atoms with Crippen LogP contribution in [0.25, 0.3) is 10.9 Å². The summed E-state index contributed by atoms with van der Waals surface area (Å²) in [4.78, 5) is 81.9. The number of fused-ring (bicyclic) bond motifs is 1. The predicted octanol–water partition coefficient (Wildman–Crippen LogP) is 7.39. The molecule has 5 rings (SSSR count). The summed E-state index contributed by atoms with van der Waals surface area (Å²) in [5.74, 6) is -2.62. The van der Waals surface area contributed by atoms with Crippen molar-refractivity contribution in [1.82, 2.24) is 14.4 Å². The Hall–Kier alpha value is -4.77. The predicted molar refractivity (Wildman–Crippen MR) is 243 cm³/mol. The van der Waals surface area contributed by atoms with Crippen molar-refractivity contribution in [3.05, 3.63) is 69.8 Å². The number of rotatable bonds is 13. The first-order chi connectivity index (χ1) is 27.8. The lowest BCUT2D eigenvalue weighted by Gasteiger charge is -2.35. The number of amides is 3. The average Bonchev–Trinajstić information content (AvgIpc) is 3.19. The number of nitrogens with one attached hydrogen (secondary N) is 1. The number of benzene rings is 2. The van der Waals surface area contributed by atoms with Gasteiger partial charge in [0.25, 0.3) is 0 Å². The molecule has 2 aromatic carbocycles. The number of halogens is 1. The van der Waals surface area contributed by atoms with E-state index in [0.29, 0.717) is 68.8 Å². The van der Waals surface area contributed by atoms with E-state index in [9.17, 15) is 33.9 Å². The first-order valence-electron chi connectivity index (χ1n) is 20.5. The number of carbonyl (C=O) groups is 5. The highest BCUT2D eigenvalue weighted by Crippen LogP contribution is 2.30. The zero-order valence-corrected chi connectivity index (χ0v) is 38.2. The molecule has 2 N–H and O–H groups in total. The molecule has 2 saturated heterocycles. The van der Waals surface area contributed by atoms with Crippen molar-refractivity contribution in [2.75, 3.05) is 49.5 Å². The van der Waals surface area contributed by atoms with E-state index in [2.05, 4.69) is 5.32 Å². The van der Waals surface area contributed by atoms with Gasteiger partial charge in [0.1, 0.15) is 29.4 Å². The molecule has 17 heteroatoms. The van der Waals surface area contributed by atoms with Crippen LogP contribution in [-0.2, 0) is 32.2 Å². The summed E-state index contributed by atoms with van der Waals surface area (Å²) in [6, 6.07) is 9.60. The fourth-order valence-electron chi connectivity index (χ4n) is 7.51. The van der Waals surface area contributed by atoms with E-state index in [1.807, 2.05) is 41.5 Å². The zero-order chi connectivity index (χ0) is 43.2. The molecule has 0 bridgehead atoms. The molecule has 0 aliphatic carbocycles. The van der Waals surface area contributed by atoms with Gasteiger partial charge in [-0.05, 0) is 88.6 Å². The lowest BCUT2D eigenvalue weighted by atomic mass is 9.81. The quantitative estimate of drug-likeness (QED) is 0.177. The van der Waals surface area contributed by atoms with Crippen LogP contribution >= 0.6 is 27.0 Å². The molecule has 0 radical (unpaired) electrons. The van der Waals surface area contributed by atoms with Crippen LogP contribution in [0.15, 0.2) is 47.4 Å². The SMILES string of the molecule is CCn1cc(C(=O)O)c(=O)c2cc(F)c(N3CCN(C(=O)OCc4ccc(NC(=O)[C@@H](CC(=O)[C@@H](C)C(C)C)CC5CCN(C(=O)OC(C)(C)C)CC5)cc4)CC3)cc21.S.S. The molecule has 0 unspecified atom stereocenters. The highest BCUT2D eigenvalue weighted by molar-refractivity contribution is 7.59. The molecule has 2 aliphatic rings. The van der Waals surface area contributed by atoms with Crippen molar-refractivity contribution in [3.8, 4) is 0 Å². The van der Waals surface area contributed by atoms with E-state index in [1.54, 1.807) is 51.6 Å². The maximum Gasteiger partial charge on any atom is 0.410 e. The van der Waals surface area contributed by atoms with Crippen LogP contribution in [0.1, 0.15) is 90.1 Å². The van der Waals surface area contributed by atoms with Gasteiger partial charge >= 0.3 is 18.2 Å². The molecule has 0 saturated carbocycles. The van der Waals surface area contributed by atoms with Crippen molar-refractivity contribution in [2.45, 2.75) is 92.9 Å². The van der Waals surface area contributed by atoms with Gasteiger partial charge in [-0.25, -0.2) is 18.8 Å². The van der Waals surface area contributed by atoms with Gasteiger partial charge in [-0.3, -0.25) is 14.4 Å². The number of anilines is 2. The van der Waals surface area contributed by atoms with Gasteiger partial charge in [-0.2, -0.15) is 27.0 Å². The van der Waals surface area contributed by atoms with Crippen molar-refractivity contribution in [2.24, 2.45) is 23.7 Å². The zero-order valence-electron chi connectivity index (χ0n) is 36.2. The third kappa shape index (κ3) is 13.1. The number of aromatic carboxylic acids is 1. The Morgan fingerprint density at radius 1 is 0.902 bits per heavy atom. The van der Waals surface area contributed by atoms with Gasteiger partial charge in [0.15, 0.2) is 0 Å². The summed E-state index contributed by atoms with van der Waals surface area (Å²) in [5, 5.41) is 12.4. The Labute approximate surface area is 371 Å². The number of carboxylic acid groups (broad SMARTS) is 1. The van der Waals surface area contributed by atoms with Crippen LogP contribution < -0.4 is 15.6 Å². The van der Waals surface area contributed by atoms with Gasteiger partial charge in [0.2, 0.25) is 11.3 Å². The van der Waals surface area contributed by atoms with Gasteiger partial charge in [0.05, 0.1) is 11.2 Å². The number of pyridine rings is 1. The number of piperidine rings is 1. The Morgan fingerprint density at radius 3 is 2.07 bits per heavy atom. The van der Waals surface area contributed by atoms with Crippen molar-refractivity contribution >= 4 is 79.1 Å². The number of aromatic nitrogens is 1. The van der Waals surface area contributed by atoms with E-state index in [1.165, 1.54) is 11.1 Å². The van der Waals surface area contributed by atoms with Crippen LogP contribution in [0, 0.1) is 29.5 Å². The molecule has 336 valence electrons. The second kappa shape index (κ2) is 21.8. The topological polar surface area (TPSA) is 168 Å². The van der Waals surface area contributed by atoms with Crippen LogP contribution in [0.5, 0.6) is 0 Å². The third-order valence-electron chi connectivity index (χ3n) is 11.4. The molecule has 14 nitrogen and oxygen atoms in total. The summed E-state index contributed by atoms with van der Waals surface area (Å²) < 4.78 is 28.1. The maximum atomic E-state index is 15.3. The molecule has 1 aromatic heterocycles. The van der Waals surface area contributed by atoms with E-state index < -0.39 is 40.4 Å². The normalized spacial score (nSPS) is 15.7. The number of hydrogen-bond acceptors (Lipinski definition) is 9. The van der Waals surface area contributed by atoms with E-state index in [4.69, 9.17) is 9.47 Å². The summed E-state index contributed by atoms with van der Waals surface area (Å²) in [6.07, 6.45) is 2.49. The molecule has 2 atom stereocenters. The standard InChI is InChI=1S/C44H58FN5O9.2H2S/c1-8-47-25-34(41(54)55)39(52)33-23-35(45)37(24-36(33)47)48-17-19-50(20-18-48)42(56)58-26-30-9-11-32(12-10-30)46-40(53)31(22-38(51)28(4)27(2)3)21-29-13-15-49(16-14-29)43(57)59-44(5,6)7;;/h9-12,23-25,27-29,31H,8,13-22,26H2,1-7H3,(H,46,53)(H,54,55);2*1H2/t28-,31+;;/m0../s1. The van der Waals surface area contributed by atoms with Crippen LogP contribution in [0.3, 0.4) is 0 Å². The molecule has 3 aromatic rings. The molecular formula is C44H62FN5O9S2. The van der Waals surface area contributed by atoms with Crippen molar-refractivity contribution in [3.63, 3.8) is 0 Å². The fourth-order valence-corrected chi connectivity index (χ4v) is 7.51. The smallest absolute Gasteiger partial charge is 0.410 e. The summed E-state index contributed by atoms with van der Waals surface area (Å²) in [5.41, 5.74) is 0.182. The summed E-state index contributed by atoms with van der Waals surface area (Å²) >= 11 is 0. The molecule has 0 spiro atoms. The van der Waals surface area contributed by atoms with Gasteiger partial charge in [0, 0.05) is 81.3 Å². The maximum absolute atomic E-state index is 15.3. The summed E-state index contributed by atoms with van der Waals surface area (Å²) in [6.45, 7) is 15.8. The number of piperazine rings is 1. The van der Waals surface area contributed by atoms with E-state index in [-0.39, 0.29) is 99.7 Å². The molecule has 61 heavy (non-hydrogen) atoms. The largest absolute Gasteiger partial charge is 0.477 e. The average molecular weight is 888 g/mol. The number of carboxylic acids is 1. The van der Waals surface area contributed by atoms with Gasteiger partial charge in [-0.15, -0.1) is 0 Å². The first kappa shape index (κ1) is 50.6. The second-order valence-corrected chi connectivity index (χ2v) is 17.0. The Bertz CT molecular complexity index is 2090. The first-order valence-corrected chi connectivity index (χ1v) is 20.5. The number of hydrogen-bond donors (Lipinski definition) is 2. The van der Waals surface area contributed by atoms with Crippen LogP contribution in [0.4, 0.5) is 25.4 Å². The van der Waals surface area contributed by atoms with Crippen LogP contribution in [0.2, 0.25) is 0 Å². The minimum absolute atomic E-state index is 0. The highest BCUT2D eigenvalue weighted by atomic mass is 32.1. The Morgan fingerprint density at radius 2 is 1.51 bits per heavy atom. The molecule has 2 aliphatic heterocycles. The van der Waals surface area contributed by atoms with Gasteiger partial charge < -0.3 is 39.2 Å². The molecule has 3 amide bonds. The minimum atomic E-state index is -1.37. The number of aryl methyl sites for hydroxylation is 1. The lowest BCUT2D eigenvalue weighted by Crippen LogP contribution is -2.49. The Kier molecular flexibility index (Phi) is 18.1.